The molecular formula is C23H34N2O3. The van der Waals surface area contributed by atoms with E-state index in [4.69, 9.17) is 4.74 Å². The third-order valence-corrected chi connectivity index (χ3v) is 7.68. The molecule has 1 aromatic carbocycles. The van der Waals surface area contributed by atoms with Gasteiger partial charge < -0.3 is 20.1 Å². The minimum atomic E-state index is -0.414. The van der Waals surface area contributed by atoms with Crippen molar-refractivity contribution in [2.75, 3.05) is 39.9 Å². The van der Waals surface area contributed by atoms with Crippen molar-refractivity contribution in [1.82, 2.24) is 10.2 Å². The normalized spacial score (nSPS) is 26.4. The Balaban J connectivity index is 1.62. The Morgan fingerprint density at radius 2 is 1.82 bits per heavy atom. The first-order valence-electron chi connectivity index (χ1n) is 10.9. The van der Waals surface area contributed by atoms with Crippen LogP contribution in [0.3, 0.4) is 0 Å². The van der Waals surface area contributed by atoms with E-state index in [2.05, 4.69) is 22.3 Å². The molecule has 1 saturated carbocycles. The van der Waals surface area contributed by atoms with Crippen LogP contribution >= 0.6 is 0 Å². The van der Waals surface area contributed by atoms with Crippen molar-refractivity contribution in [3.8, 4) is 5.75 Å². The molecule has 5 nitrogen and oxygen atoms in total. The van der Waals surface area contributed by atoms with Crippen LogP contribution in [0.1, 0.15) is 50.5 Å². The number of aliphatic hydroxyl groups excluding tert-OH is 1. The van der Waals surface area contributed by atoms with Gasteiger partial charge in [-0.2, -0.15) is 0 Å². The van der Waals surface area contributed by atoms with Gasteiger partial charge in [-0.15, -0.1) is 0 Å². The quantitative estimate of drug-likeness (QED) is 0.835. The van der Waals surface area contributed by atoms with E-state index >= 15 is 0 Å². The molecule has 0 radical (unpaired) electrons. The fourth-order valence-electron chi connectivity index (χ4n) is 5.92. The van der Waals surface area contributed by atoms with Gasteiger partial charge in [-0.3, -0.25) is 4.79 Å². The summed E-state index contributed by atoms with van der Waals surface area (Å²) >= 11 is 0. The average molecular weight is 387 g/mol. The number of piperidine rings is 1. The van der Waals surface area contributed by atoms with E-state index in [-0.39, 0.29) is 23.8 Å². The van der Waals surface area contributed by atoms with E-state index in [0.29, 0.717) is 6.54 Å². The molecule has 1 atom stereocenters. The molecule has 0 aromatic heterocycles. The first-order valence-corrected chi connectivity index (χ1v) is 10.9. The van der Waals surface area contributed by atoms with E-state index in [1.807, 2.05) is 12.1 Å². The van der Waals surface area contributed by atoms with Gasteiger partial charge in [-0.05, 0) is 61.9 Å². The Labute approximate surface area is 168 Å². The molecule has 2 aliphatic heterocycles. The molecule has 1 amide bonds. The number of carbonyl (C=O) groups excluding carboxylic acids is 1. The lowest BCUT2D eigenvalue weighted by molar-refractivity contribution is -0.138. The van der Waals surface area contributed by atoms with Gasteiger partial charge in [0.2, 0.25) is 5.91 Å². The Kier molecular flexibility index (Phi) is 5.66. The summed E-state index contributed by atoms with van der Waals surface area (Å²) in [5.41, 5.74) is 0.804. The number of carbonyl (C=O) groups is 1. The summed E-state index contributed by atoms with van der Waals surface area (Å²) in [6.07, 6.45) is 7.36. The Hall–Kier alpha value is -1.59. The maximum Gasteiger partial charge on any atom is 0.233 e. The van der Waals surface area contributed by atoms with E-state index in [0.717, 1.165) is 69.5 Å². The van der Waals surface area contributed by atoms with Crippen LogP contribution in [0, 0.1) is 11.3 Å². The summed E-state index contributed by atoms with van der Waals surface area (Å²) in [5, 5.41) is 13.5. The number of hydrogen-bond acceptors (Lipinski definition) is 4. The number of amides is 1. The largest absolute Gasteiger partial charge is 0.497 e. The molecule has 1 unspecified atom stereocenters. The predicted octanol–water partition coefficient (Wildman–Crippen LogP) is 2.72. The maximum absolute atomic E-state index is 14.0. The van der Waals surface area contributed by atoms with Gasteiger partial charge in [0, 0.05) is 25.6 Å². The average Bonchev–Trinajstić information content (AvgIpc) is 3.11. The standard InChI is InChI=1S/C23H34N2O3/c1-28-20-7-5-18(6-8-20)23(9-3-2-4-10-23)21(27)25-15-19(16-26)22(17-25)11-13-24-14-12-22/h5-8,19,24,26H,2-4,9-17H2,1H3. The third-order valence-electron chi connectivity index (χ3n) is 7.68. The number of methoxy groups -OCH3 is 1. The van der Waals surface area contributed by atoms with Crippen molar-refractivity contribution in [2.24, 2.45) is 11.3 Å². The minimum Gasteiger partial charge on any atom is -0.497 e. The third kappa shape index (κ3) is 3.33. The molecule has 154 valence electrons. The van der Waals surface area contributed by atoms with Crippen LogP contribution in [-0.2, 0) is 10.2 Å². The number of ether oxygens (including phenoxy) is 1. The summed E-state index contributed by atoms with van der Waals surface area (Å²) in [5.74, 6) is 1.32. The van der Waals surface area contributed by atoms with Crippen molar-refractivity contribution < 1.29 is 14.6 Å². The maximum atomic E-state index is 14.0. The molecule has 1 aliphatic carbocycles. The van der Waals surface area contributed by atoms with Gasteiger partial charge >= 0.3 is 0 Å². The highest BCUT2D eigenvalue weighted by molar-refractivity contribution is 5.89. The summed E-state index contributed by atoms with van der Waals surface area (Å²) in [6, 6.07) is 8.13. The van der Waals surface area contributed by atoms with Crippen molar-refractivity contribution in [3.63, 3.8) is 0 Å². The van der Waals surface area contributed by atoms with E-state index in [9.17, 15) is 9.90 Å². The molecule has 3 fully saturated rings. The van der Waals surface area contributed by atoms with Crippen LogP contribution in [0.2, 0.25) is 0 Å². The molecular weight excluding hydrogens is 352 g/mol. The number of benzene rings is 1. The Bertz CT molecular complexity index is 676. The zero-order valence-corrected chi connectivity index (χ0v) is 17.1. The lowest BCUT2D eigenvalue weighted by Crippen LogP contribution is -2.48. The summed E-state index contributed by atoms with van der Waals surface area (Å²) in [4.78, 5) is 16.1. The van der Waals surface area contributed by atoms with Gasteiger partial charge in [0.25, 0.3) is 0 Å². The van der Waals surface area contributed by atoms with Crippen molar-refractivity contribution in [2.45, 2.75) is 50.4 Å². The molecule has 4 rings (SSSR count). The van der Waals surface area contributed by atoms with Crippen molar-refractivity contribution in [1.29, 1.82) is 0 Å². The van der Waals surface area contributed by atoms with Gasteiger partial charge in [-0.25, -0.2) is 0 Å². The topological polar surface area (TPSA) is 61.8 Å². The van der Waals surface area contributed by atoms with Gasteiger partial charge in [0.05, 0.1) is 12.5 Å². The summed E-state index contributed by atoms with van der Waals surface area (Å²) in [6.45, 7) is 3.66. The number of likely N-dealkylation sites (tertiary alicyclic amines) is 1. The second-order valence-corrected chi connectivity index (χ2v) is 9.05. The van der Waals surface area contributed by atoms with E-state index in [1.54, 1.807) is 7.11 Å². The second kappa shape index (κ2) is 8.03. The van der Waals surface area contributed by atoms with Crippen LogP contribution in [0.5, 0.6) is 5.75 Å². The molecule has 2 heterocycles. The summed E-state index contributed by atoms with van der Waals surface area (Å²) in [7, 11) is 1.67. The number of nitrogens with zero attached hydrogens (tertiary/aromatic N) is 1. The second-order valence-electron chi connectivity index (χ2n) is 9.05. The van der Waals surface area contributed by atoms with Crippen LogP contribution in [0.4, 0.5) is 0 Å². The molecule has 1 aromatic rings. The highest BCUT2D eigenvalue weighted by Crippen LogP contribution is 2.47. The van der Waals surface area contributed by atoms with Crippen LogP contribution in [0.15, 0.2) is 24.3 Å². The van der Waals surface area contributed by atoms with Crippen LogP contribution in [-0.4, -0.2) is 55.8 Å². The highest BCUT2D eigenvalue weighted by Gasteiger charge is 2.52. The molecule has 28 heavy (non-hydrogen) atoms. The molecule has 5 heteroatoms. The number of hydrogen-bond donors (Lipinski definition) is 2. The number of aliphatic hydroxyl groups is 1. The molecule has 2 saturated heterocycles. The van der Waals surface area contributed by atoms with E-state index in [1.165, 1.54) is 6.42 Å². The predicted molar refractivity (Wildman–Crippen MR) is 109 cm³/mol. The first kappa shape index (κ1) is 19.7. The van der Waals surface area contributed by atoms with Gasteiger partial charge in [0.15, 0.2) is 0 Å². The monoisotopic (exact) mass is 386 g/mol. The molecule has 0 bridgehead atoms. The molecule has 2 N–H and O–H groups in total. The van der Waals surface area contributed by atoms with Gasteiger partial charge in [-0.1, -0.05) is 31.4 Å². The van der Waals surface area contributed by atoms with Gasteiger partial charge in [0.1, 0.15) is 5.75 Å². The zero-order chi connectivity index (χ0) is 19.6. The van der Waals surface area contributed by atoms with Crippen LogP contribution < -0.4 is 10.1 Å². The lowest BCUT2D eigenvalue weighted by Gasteiger charge is -2.40. The smallest absolute Gasteiger partial charge is 0.233 e. The Morgan fingerprint density at radius 1 is 1.14 bits per heavy atom. The fourth-order valence-corrected chi connectivity index (χ4v) is 5.92. The molecule has 3 aliphatic rings. The van der Waals surface area contributed by atoms with Crippen LogP contribution in [0.25, 0.3) is 0 Å². The molecule has 1 spiro atoms. The Morgan fingerprint density at radius 3 is 2.43 bits per heavy atom. The highest BCUT2D eigenvalue weighted by atomic mass is 16.5. The minimum absolute atomic E-state index is 0.0887. The number of nitrogens with one attached hydrogen (secondary N) is 1. The zero-order valence-electron chi connectivity index (χ0n) is 17.1. The lowest BCUT2D eigenvalue weighted by atomic mass is 9.68. The summed E-state index contributed by atoms with van der Waals surface area (Å²) < 4.78 is 5.32. The fraction of sp³-hybridized carbons (Fsp3) is 0.696. The van der Waals surface area contributed by atoms with E-state index < -0.39 is 5.41 Å². The van der Waals surface area contributed by atoms with Crippen molar-refractivity contribution >= 4 is 5.91 Å². The van der Waals surface area contributed by atoms with Crippen molar-refractivity contribution in [3.05, 3.63) is 29.8 Å². The number of rotatable bonds is 4. The first-order chi connectivity index (χ1) is 13.6. The SMILES string of the molecule is COc1ccc(C2(C(=O)N3CC(CO)C4(CCNCC4)C3)CCCCC2)cc1.